The molecule has 1 aromatic carbocycles. The maximum Gasteiger partial charge on any atom is 0.274 e. The van der Waals surface area contributed by atoms with E-state index in [2.05, 4.69) is 18.9 Å². The number of rotatable bonds is 10. The third-order valence-corrected chi connectivity index (χ3v) is 4.70. The molecular weight excluding hydrogens is 342 g/mol. The summed E-state index contributed by atoms with van der Waals surface area (Å²) in [5.74, 6) is 1.07. The molecule has 0 N–H and O–H groups in total. The molecule has 0 aliphatic heterocycles. The van der Waals surface area contributed by atoms with Gasteiger partial charge in [0.15, 0.2) is 0 Å². The van der Waals surface area contributed by atoms with E-state index in [-0.39, 0.29) is 18.0 Å². The van der Waals surface area contributed by atoms with Crippen molar-refractivity contribution in [1.29, 1.82) is 0 Å². The summed E-state index contributed by atoms with van der Waals surface area (Å²) in [6.45, 7) is 8.15. The van der Waals surface area contributed by atoms with Crippen molar-refractivity contribution in [3.63, 3.8) is 0 Å². The van der Waals surface area contributed by atoms with E-state index in [4.69, 9.17) is 4.74 Å². The Kier molecular flexibility index (Phi) is 8.04. The Morgan fingerprint density at radius 2 is 1.81 bits per heavy atom. The Hall–Kier alpha value is -2.63. The van der Waals surface area contributed by atoms with Crippen LogP contribution in [-0.4, -0.2) is 40.3 Å². The van der Waals surface area contributed by atoms with E-state index in [1.807, 2.05) is 37.3 Å². The van der Waals surface area contributed by atoms with Gasteiger partial charge in [0.1, 0.15) is 18.1 Å². The molecule has 6 heteroatoms. The summed E-state index contributed by atoms with van der Waals surface area (Å²) in [4.78, 5) is 26.7. The number of nitrogens with zero attached hydrogens (tertiary/aromatic N) is 3. The molecule has 1 aromatic heterocycles. The summed E-state index contributed by atoms with van der Waals surface area (Å²) >= 11 is 0. The first kappa shape index (κ1) is 20.7. The third-order valence-electron chi connectivity index (χ3n) is 4.70. The normalized spacial score (nSPS) is 10.8. The fourth-order valence-corrected chi connectivity index (χ4v) is 2.87. The molecule has 1 heterocycles. The van der Waals surface area contributed by atoms with Gasteiger partial charge in [-0.25, -0.2) is 4.68 Å². The minimum atomic E-state index is -0.244. The van der Waals surface area contributed by atoms with Gasteiger partial charge >= 0.3 is 0 Å². The summed E-state index contributed by atoms with van der Waals surface area (Å²) in [6.07, 6.45) is 2.06. The first-order valence-corrected chi connectivity index (χ1v) is 9.64. The van der Waals surface area contributed by atoms with Crippen LogP contribution in [-0.2, 0) is 6.54 Å². The Bertz CT molecular complexity index is 770. The first-order chi connectivity index (χ1) is 13.1. The van der Waals surface area contributed by atoms with Gasteiger partial charge in [-0.15, -0.1) is 0 Å². The van der Waals surface area contributed by atoms with Crippen LogP contribution in [0.2, 0.25) is 0 Å². The second kappa shape index (κ2) is 10.5. The van der Waals surface area contributed by atoms with E-state index in [9.17, 15) is 9.59 Å². The predicted molar refractivity (Wildman–Crippen MR) is 106 cm³/mol. The van der Waals surface area contributed by atoms with Crippen LogP contribution in [0.15, 0.2) is 47.3 Å². The molecule has 6 nitrogen and oxygen atoms in total. The van der Waals surface area contributed by atoms with Crippen molar-refractivity contribution in [2.24, 2.45) is 5.92 Å². The summed E-state index contributed by atoms with van der Waals surface area (Å²) in [5, 5.41) is 4.26. The van der Waals surface area contributed by atoms with Gasteiger partial charge in [-0.3, -0.25) is 9.59 Å². The van der Waals surface area contributed by atoms with Gasteiger partial charge in [-0.05, 0) is 31.0 Å². The smallest absolute Gasteiger partial charge is 0.274 e. The molecule has 0 aliphatic rings. The van der Waals surface area contributed by atoms with Crippen molar-refractivity contribution < 1.29 is 9.53 Å². The third kappa shape index (κ3) is 5.94. The van der Waals surface area contributed by atoms with Crippen molar-refractivity contribution >= 4 is 5.91 Å². The Balaban J connectivity index is 2.06. The SMILES string of the molecule is CCC(CC)CN(CC)C(=O)c1ccc(=O)n(CCOc2ccccc2)n1. The molecule has 0 radical (unpaired) electrons. The topological polar surface area (TPSA) is 64.4 Å². The summed E-state index contributed by atoms with van der Waals surface area (Å²) in [5.41, 5.74) is 0.0494. The summed E-state index contributed by atoms with van der Waals surface area (Å²) in [7, 11) is 0. The van der Waals surface area contributed by atoms with Crippen molar-refractivity contribution in [3.05, 3.63) is 58.5 Å². The van der Waals surface area contributed by atoms with Crippen molar-refractivity contribution in [3.8, 4) is 5.75 Å². The largest absolute Gasteiger partial charge is 0.492 e. The molecule has 0 aliphatic carbocycles. The van der Waals surface area contributed by atoms with Crippen LogP contribution in [0.1, 0.15) is 44.1 Å². The van der Waals surface area contributed by atoms with Crippen LogP contribution >= 0.6 is 0 Å². The standard InChI is InChI=1S/C21H29N3O3/c1-4-17(5-2)16-23(6-3)21(26)19-12-13-20(25)24(22-19)14-15-27-18-10-8-7-9-11-18/h7-13,17H,4-6,14-16H2,1-3H3. The van der Waals surface area contributed by atoms with Crippen LogP contribution < -0.4 is 10.3 Å². The van der Waals surface area contributed by atoms with Crippen LogP contribution in [0.5, 0.6) is 5.75 Å². The molecule has 27 heavy (non-hydrogen) atoms. The Morgan fingerprint density at radius 1 is 1.11 bits per heavy atom. The molecule has 0 saturated heterocycles. The van der Waals surface area contributed by atoms with Crippen molar-refractivity contribution in [2.75, 3.05) is 19.7 Å². The molecule has 0 unspecified atom stereocenters. The average Bonchev–Trinajstić information content (AvgIpc) is 2.71. The monoisotopic (exact) mass is 371 g/mol. The number of carbonyl (C=O) groups is 1. The molecule has 146 valence electrons. The Morgan fingerprint density at radius 3 is 2.44 bits per heavy atom. The van der Waals surface area contributed by atoms with Gasteiger partial charge in [-0.1, -0.05) is 44.9 Å². The van der Waals surface area contributed by atoms with Crippen molar-refractivity contribution in [2.45, 2.75) is 40.2 Å². The highest BCUT2D eigenvalue weighted by atomic mass is 16.5. The zero-order valence-electron chi connectivity index (χ0n) is 16.4. The van der Waals surface area contributed by atoms with Crippen LogP contribution in [0.4, 0.5) is 0 Å². The molecule has 2 aromatic rings. The molecule has 0 atom stereocenters. The zero-order chi connectivity index (χ0) is 19.6. The van der Waals surface area contributed by atoms with Crippen LogP contribution in [0, 0.1) is 5.92 Å². The number of hydrogen-bond donors (Lipinski definition) is 0. The second-order valence-corrected chi connectivity index (χ2v) is 6.47. The number of hydrogen-bond acceptors (Lipinski definition) is 4. The number of benzene rings is 1. The summed E-state index contributed by atoms with van der Waals surface area (Å²) in [6, 6.07) is 12.3. The highest BCUT2D eigenvalue weighted by molar-refractivity contribution is 5.92. The van der Waals surface area contributed by atoms with E-state index in [1.165, 1.54) is 16.8 Å². The lowest BCUT2D eigenvalue weighted by molar-refractivity contribution is 0.0725. The summed E-state index contributed by atoms with van der Waals surface area (Å²) < 4.78 is 6.91. The van der Waals surface area contributed by atoms with E-state index in [0.29, 0.717) is 31.3 Å². The molecule has 0 spiro atoms. The van der Waals surface area contributed by atoms with Gasteiger partial charge in [-0.2, -0.15) is 5.10 Å². The maximum atomic E-state index is 12.8. The van der Waals surface area contributed by atoms with Gasteiger partial charge in [0, 0.05) is 19.2 Å². The van der Waals surface area contributed by atoms with Gasteiger partial charge in [0.2, 0.25) is 0 Å². The van der Waals surface area contributed by atoms with E-state index in [0.717, 1.165) is 18.6 Å². The number of amides is 1. The van der Waals surface area contributed by atoms with Crippen molar-refractivity contribution in [1.82, 2.24) is 14.7 Å². The lowest BCUT2D eigenvalue weighted by atomic mass is 10.0. The molecule has 1 amide bonds. The molecule has 2 rings (SSSR count). The van der Waals surface area contributed by atoms with E-state index < -0.39 is 0 Å². The number of ether oxygens (including phenoxy) is 1. The van der Waals surface area contributed by atoms with Crippen LogP contribution in [0.25, 0.3) is 0 Å². The fourth-order valence-electron chi connectivity index (χ4n) is 2.87. The lowest BCUT2D eigenvalue weighted by Crippen LogP contribution is -2.37. The first-order valence-electron chi connectivity index (χ1n) is 9.64. The van der Waals surface area contributed by atoms with E-state index in [1.54, 1.807) is 4.90 Å². The lowest BCUT2D eigenvalue weighted by Gasteiger charge is -2.25. The molecule has 0 saturated carbocycles. The highest BCUT2D eigenvalue weighted by Gasteiger charge is 2.19. The maximum absolute atomic E-state index is 12.8. The Labute approximate surface area is 160 Å². The van der Waals surface area contributed by atoms with Gasteiger partial charge in [0.05, 0.1) is 6.54 Å². The number of para-hydroxylation sites is 1. The quantitative estimate of drug-likeness (QED) is 0.643. The van der Waals surface area contributed by atoms with Crippen LogP contribution in [0.3, 0.4) is 0 Å². The minimum absolute atomic E-state index is 0.137. The predicted octanol–water partition coefficient (Wildman–Crippen LogP) is 3.22. The number of carbonyl (C=O) groups excluding carboxylic acids is 1. The second-order valence-electron chi connectivity index (χ2n) is 6.47. The minimum Gasteiger partial charge on any atom is -0.492 e. The molecule has 0 bridgehead atoms. The zero-order valence-corrected chi connectivity index (χ0v) is 16.4. The highest BCUT2D eigenvalue weighted by Crippen LogP contribution is 2.12. The molecular formula is C21H29N3O3. The van der Waals surface area contributed by atoms with Gasteiger partial charge in [0.25, 0.3) is 11.5 Å². The average molecular weight is 371 g/mol. The van der Waals surface area contributed by atoms with Gasteiger partial charge < -0.3 is 9.64 Å². The number of aromatic nitrogens is 2. The molecule has 0 fully saturated rings. The van der Waals surface area contributed by atoms with E-state index >= 15 is 0 Å². The fraction of sp³-hybridized carbons (Fsp3) is 0.476.